The maximum atomic E-state index is 11.0. The summed E-state index contributed by atoms with van der Waals surface area (Å²) in [6, 6.07) is 12.5. The molecule has 0 bridgehead atoms. The molecule has 128 valence electrons. The summed E-state index contributed by atoms with van der Waals surface area (Å²) in [5.41, 5.74) is 2.89. The van der Waals surface area contributed by atoms with Crippen molar-refractivity contribution in [2.24, 2.45) is 0 Å². The van der Waals surface area contributed by atoms with Gasteiger partial charge in [-0.3, -0.25) is 14.7 Å². The van der Waals surface area contributed by atoms with E-state index in [0.29, 0.717) is 16.7 Å². The van der Waals surface area contributed by atoms with Crippen LogP contribution in [0.4, 0.5) is 5.69 Å². The van der Waals surface area contributed by atoms with E-state index in [4.69, 9.17) is 4.74 Å². The normalized spacial score (nSPS) is 10.6. The molecule has 0 fully saturated rings. The van der Waals surface area contributed by atoms with Crippen molar-refractivity contribution in [2.75, 3.05) is 7.11 Å². The molecule has 0 atom stereocenters. The second-order valence-electron chi connectivity index (χ2n) is 5.31. The molecule has 2 aromatic carbocycles. The molecule has 0 aliphatic carbocycles. The number of nitrogens with zero attached hydrogens (tertiary/aromatic N) is 4. The lowest BCUT2D eigenvalue weighted by Crippen LogP contribution is -1.99. The lowest BCUT2D eigenvalue weighted by atomic mass is 10.2. The van der Waals surface area contributed by atoms with Gasteiger partial charge in [-0.25, -0.2) is 0 Å². The minimum Gasteiger partial charge on any atom is -0.496 e. The summed E-state index contributed by atoms with van der Waals surface area (Å²) in [5, 5.41) is 19.9. The Morgan fingerprint density at radius 3 is 2.80 bits per heavy atom. The van der Waals surface area contributed by atoms with Gasteiger partial charge in [-0.2, -0.15) is 0 Å². The molecule has 3 rings (SSSR count). The lowest BCUT2D eigenvalue weighted by Gasteiger charge is -2.10. The Morgan fingerprint density at radius 1 is 1.28 bits per heavy atom. The minimum absolute atomic E-state index is 0.0387. The van der Waals surface area contributed by atoms with Crippen LogP contribution in [0.15, 0.2) is 53.9 Å². The fourth-order valence-electron chi connectivity index (χ4n) is 2.46. The van der Waals surface area contributed by atoms with Crippen LogP contribution in [-0.4, -0.2) is 26.8 Å². The first-order valence-electron chi connectivity index (χ1n) is 7.50. The van der Waals surface area contributed by atoms with Crippen LogP contribution >= 0.6 is 11.8 Å². The van der Waals surface area contributed by atoms with E-state index in [0.717, 1.165) is 16.8 Å². The molecule has 0 spiro atoms. The number of para-hydroxylation sites is 1. The second-order valence-corrected chi connectivity index (χ2v) is 6.25. The van der Waals surface area contributed by atoms with Crippen LogP contribution in [0, 0.1) is 17.0 Å². The van der Waals surface area contributed by atoms with Gasteiger partial charge in [-0.1, -0.05) is 30.0 Å². The first-order chi connectivity index (χ1) is 12.1. The van der Waals surface area contributed by atoms with E-state index < -0.39 is 4.92 Å². The molecular weight excluding hydrogens is 340 g/mol. The summed E-state index contributed by atoms with van der Waals surface area (Å²) in [6.07, 6.45) is 1.66. The van der Waals surface area contributed by atoms with E-state index >= 15 is 0 Å². The topological polar surface area (TPSA) is 83.1 Å². The minimum atomic E-state index is -0.413. The number of hydrogen-bond acceptors (Lipinski definition) is 6. The largest absolute Gasteiger partial charge is 0.496 e. The molecule has 0 aliphatic heterocycles. The van der Waals surface area contributed by atoms with E-state index in [-0.39, 0.29) is 5.69 Å². The van der Waals surface area contributed by atoms with Crippen molar-refractivity contribution in [3.05, 3.63) is 70.0 Å². The van der Waals surface area contributed by atoms with E-state index in [2.05, 4.69) is 10.2 Å². The van der Waals surface area contributed by atoms with Crippen LogP contribution in [-0.2, 0) is 5.75 Å². The zero-order valence-corrected chi connectivity index (χ0v) is 14.6. The number of non-ortho nitro benzene ring substituents is 1. The third-order valence-electron chi connectivity index (χ3n) is 3.72. The van der Waals surface area contributed by atoms with Crippen molar-refractivity contribution >= 4 is 17.4 Å². The molecule has 0 amide bonds. The van der Waals surface area contributed by atoms with Crippen molar-refractivity contribution in [2.45, 2.75) is 17.8 Å². The second kappa shape index (κ2) is 7.35. The zero-order valence-electron chi connectivity index (χ0n) is 13.7. The van der Waals surface area contributed by atoms with Gasteiger partial charge in [0.05, 0.1) is 17.7 Å². The Labute approximate surface area is 148 Å². The summed E-state index contributed by atoms with van der Waals surface area (Å²) in [5.74, 6) is 1.09. The summed E-state index contributed by atoms with van der Waals surface area (Å²) >= 11 is 1.45. The molecule has 3 aromatic rings. The van der Waals surface area contributed by atoms with Gasteiger partial charge in [0.15, 0.2) is 5.16 Å². The van der Waals surface area contributed by atoms with Gasteiger partial charge < -0.3 is 4.74 Å². The Balaban J connectivity index is 1.86. The van der Waals surface area contributed by atoms with Crippen molar-refractivity contribution in [3.63, 3.8) is 0 Å². The molecule has 8 heteroatoms. The standard InChI is InChI=1S/C17H16N4O3S/c1-12-5-3-4-6-15(12)20-11-18-19-17(20)25-10-13-9-14(21(22)23)7-8-16(13)24-2/h3-9,11H,10H2,1-2H3. The van der Waals surface area contributed by atoms with Crippen molar-refractivity contribution in [1.82, 2.24) is 14.8 Å². The Bertz CT molecular complexity index is 910. The number of aryl methyl sites for hydroxylation is 1. The van der Waals surface area contributed by atoms with Gasteiger partial charge in [0.2, 0.25) is 0 Å². The van der Waals surface area contributed by atoms with E-state index in [9.17, 15) is 10.1 Å². The molecule has 0 aliphatic rings. The number of nitro groups is 1. The highest BCUT2D eigenvalue weighted by atomic mass is 32.2. The highest BCUT2D eigenvalue weighted by Crippen LogP contribution is 2.31. The molecular formula is C17H16N4O3S. The number of rotatable bonds is 6. The number of benzene rings is 2. The molecule has 0 N–H and O–H groups in total. The number of ether oxygens (including phenoxy) is 1. The number of aromatic nitrogens is 3. The van der Waals surface area contributed by atoms with Gasteiger partial charge in [-0.15, -0.1) is 10.2 Å². The Hall–Kier alpha value is -2.87. The van der Waals surface area contributed by atoms with Gasteiger partial charge >= 0.3 is 0 Å². The number of thioether (sulfide) groups is 1. The molecule has 0 unspecified atom stereocenters. The average molecular weight is 356 g/mol. The van der Waals surface area contributed by atoms with Crippen LogP contribution < -0.4 is 4.74 Å². The summed E-state index contributed by atoms with van der Waals surface area (Å²) in [6.45, 7) is 2.02. The highest BCUT2D eigenvalue weighted by Gasteiger charge is 2.14. The molecule has 1 aromatic heterocycles. The van der Waals surface area contributed by atoms with E-state index in [1.54, 1.807) is 19.5 Å². The summed E-state index contributed by atoms with van der Waals surface area (Å²) in [4.78, 5) is 10.6. The lowest BCUT2D eigenvalue weighted by molar-refractivity contribution is -0.384. The first-order valence-corrected chi connectivity index (χ1v) is 8.49. The van der Waals surface area contributed by atoms with Crippen molar-refractivity contribution in [3.8, 4) is 11.4 Å². The quantitative estimate of drug-likeness (QED) is 0.380. The number of hydrogen-bond donors (Lipinski definition) is 0. The predicted molar refractivity (Wildman–Crippen MR) is 95.3 cm³/mol. The van der Waals surface area contributed by atoms with Gasteiger partial charge in [0, 0.05) is 23.4 Å². The maximum Gasteiger partial charge on any atom is 0.270 e. The van der Waals surface area contributed by atoms with Gasteiger partial charge in [-0.05, 0) is 24.6 Å². The van der Waals surface area contributed by atoms with Crippen LogP contribution in [0.5, 0.6) is 5.75 Å². The first kappa shape index (κ1) is 17.0. The fourth-order valence-corrected chi connectivity index (χ4v) is 3.36. The fraction of sp³-hybridized carbons (Fsp3) is 0.176. The highest BCUT2D eigenvalue weighted by molar-refractivity contribution is 7.98. The molecule has 0 radical (unpaired) electrons. The van der Waals surface area contributed by atoms with E-state index in [1.165, 1.54) is 23.9 Å². The van der Waals surface area contributed by atoms with Gasteiger partial charge in [0.25, 0.3) is 5.69 Å². The summed E-state index contributed by atoms with van der Waals surface area (Å²) < 4.78 is 7.21. The smallest absolute Gasteiger partial charge is 0.270 e. The molecule has 25 heavy (non-hydrogen) atoms. The van der Waals surface area contributed by atoms with Crippen molar-refractivity contribution in [1.29, 1.82) is 0 Å². The SMILES string of the molecule is COc1ccc([N+](=O)[O-])cc1CSc1nncn1-c1ccccc1C. The Kier molecular flexibility index (Phi) is 4.99. The molecule has 0 saturated heterocycles. The van der Waals surface area contributed by atoms with Crippen LogP contribution in [0.3, 0.4) is 0 Å². The molecule has 1 heterocycles. The average Bonchev–Trinajstić information content (AvgIpc) is 3.08. The van der Waals surface area contributed by atoms with Crippen LogP contribution in [0.1, 0.15) is 11.1 Å². The van der Waals surface area contributed by atoms with Crippen molar-refractivity contribution < 1.29 is 9.66 Å². The van der Waals surface area contributed by atoms with Gasteiger partial charge in [0.1, 0.15) is 12.1 Å². The van der Waals surface area contributed by atoms with Crippen LogP contribution in [0.25, 0.3) is 5.69 Å². The van der Waals surface area contributed by atoms with E-state index in [1.807, 2.05) is 35.8 Å². The monoisotopic (exact) mass is 356 g/mol. The third kappa shape index (κ3) is 3.63. The number of nitro benzene ring substituents is 1. The summed E-state index contributed by atoms with van der Waals surface area (Å²) in [7, 11) is 1.55. The van der Waals surface area contributed by atoms with Crippen LogP contribution in [0.2, 0.25) is 0 Å². The predicted octanol–water partition coefficient (Wildman–Crippen LogP) is 3.78. The Morgan fingerprint density at radius 2 is 2.08 bits per heavy atom. The maximum absolute atomic E-state index is 11.0. The third-order valence-corrected chi connectivity index (χ3v) is 4.71. The zero-order chi connectivity index (χ0) is 17.8. The molecule has 7 nitrogen and oxygen atoms in total. The molecule has 0 saturated carbocycles. The number of methoxy groups -OCH3 is 1.